The van der Waals surface area contributed by atoms with Crippen molar-refractivity contribution in [2.75, 3.05) is 11.5 Å². The lowest BCUT2D eigenvalue weighted by atomic mass is 10.1. The van der Waals surface area contributed by atoms with Crippen LogP contribution in [-0.2, 0) is 0 Å². The summed E-state index contributed by atoms with van der Waals surface area (Å²) in [6.45, 7) is 7.49. The molecule has 0 amide bonds. The van der Waals surface area contributed by atoms with Crippen molar-refractivity contribution in [3.05, 3.63) is 25.3 Å². The topological polar surface area (TPSA) is 0 Å². The molecule has 0 N–H and O–H groups in total. The zero-order chi connectivity index (χ0) is 13.3. The number of hydrogen-bond acceptors (Lipinski definition) is 1. The number of hydrogen-bond donors (Lipinski definition) is 0. The van der Waals surface area contributed by atoms with E-state index in [1.165, 1.54) is 76.4 Å². The van der Waals surface area contributed by atoms with Gasteiger partial charge in [-0.2, -0.15) is 11.8 Å². The molecule has 0 heterocycles. The first kappa shape index (κ1) is 17.8. The Labute approximate surface area is 119 Å². The molecule has 0 fully saturated rings. The first-order valence-corrected chi connectivity index (χ1v) is 8.87. The van der Waals surface area contributed by atoms with Crippen LogP contribution in [0.1, 0.15) is 70.6 Å². The smallest absolute Gasteiger partial charge is 0.0110 e. The third-order valence-corrected chi connectivity index (χ3v) is 4.23. The molecule has 0 aliphatic rings. The largest absolute Gasteiger partial charge is 0.158 e. The molecule has 0 unspecified atom stereocenters. The molecule has 0 saturated carbocycles. The van der Waals surface area contributed by atoms with E-state index in [1.54, 1.807) is 0 Å². The van der Waals surface area contributed by atoms with E-state index in [0.29, 0.717) is 0 Å². The quantitative estimate of drug-likeness (QED) is 0.245. The van der Waals surface area contributed by atoms with Crippen LogP contribution in [0, 0.1) is 0 Å². The van der Waals surface area contributed by atoms with Gasteiger partial charge in [-0.1, -0.05) is 63.5 Å². The molecule has 0 aromatic carbocycles. The third kappa shape index (κ3) is 15.8. The summed E-state index contributed by atoms with van der Waals surface area (Å²) in [5.41, 5.74) is 0. The minimum atomic E-state index is 1.12. The van der Waals surface area contributed by atoms with Gasteiger partial charge in [0.05, 0.1) is 0 Å². The lowest BCUT2D eigenvalue weighted by Crippen LogP contribution is -1.84. The van der Waals surface area contributed by atoms with E-state index in [2.05, 4.69) is 13.2 Å². The van der Waals surface area contributed by atoms with Crippen molar-refractivity contribution in [3.8, 4) is 0 Å². The second-order valence-corrected chi connectivity index (χ2v) is 6.13. The highest BCUT2D eigenvalue weighted by molar-refractivity contribution is 7.99. The van der Waals surface area contributed by atoms with E-state index in [0.717, 1.165) is 5.75 Å². The van der Waals surface area contributed by atoms with Gasteiger partial charge in [-0.05, 0) is 25.0 Å². The molecule has 0 saturated heterocycles. The van der Waals surface area contributed by atoms with Crippen molar-refractivity contribution in [1.82, 2.24) is 0 Å². The SMILES string of the molecule is C=CCCCCCCCCCCCCSCC=C. The van der Waals surface area contributed by atoms with E-state index in [9.17, 15) is 0 Å². The Kier molecular flexibility index (Phi) is 16.7. The molecule has 0 aromatic rings. The van der Waals surface area contributed by atoms with Gasteiger partial charge in [0.25, 0.3) is 0 Å². The molecule has 1 heteroatoms. The van der Waals surface area contributed by atoms with Crippen LogP contribution in [0.4, 0.5) is 0 Å². The predicted octanol–water partition coefficient (Wildman–Crippen LogP) is 6.38. The van der Waals surface area contributed by atoms with Gasteiger partial charge >= 0.3 is 0 Å². The van der Waals surface area contributed by atoms with Gasteiger partial charge in [0.1, 0.15) is 0 Å². The molecule has 0 aromatic heterocycles. The third-order valence-electron chi connectivity index (χ3n) is 3.18. The molecule has 0 atom stereocenters. The van der Waals surface area contributed by atoms with E-state index in [4.69, 9.17) is 0 Å². The van der Waals surface area contributed by atoms with E-state index in [-0.39, 0.29) is 0 Å². The Bertz CT molecular complexity index is 154. The van der Waals surface area contributed by atoms with Crippen LogP contribution in [0.15, 0.2) is 25.3 Å². The molecule has 18 heavy (non-hydrogen) atoms. The fourth-order valence-electron chi connectivity index (χ4n) is 2.07. The molecular formula is C17H32S. The maximum atomic E-state index is 3.75. The lowest BCUT2D eigenvalue weighted by molar-refractivity contribution is 0.558. The second-order valence-electron chi connectivity index (χ2n) is 4.98. The van der Waals surface area contributed by atoms with E-state index < -0.39 is 0 Å². The van der Waals surface area contributed by atoms with Crippen molar-refractivity contribution >= 4 is 11.8 Å². The number of thioether (sulfide) groups is 1. The molecule has 0 rings (SSSR count). The van der Waals surface area contributed by atoms with Gasteiger partial charge in [0.15, 0.2) is 0 Å². The minimum Gasteiger partial charge on any atom is -0.158 e. The second kappa shape index (κ2) is 16.8. The Hall–Kier alpha value is -0.170. The fourth-order valence-corrected chi connectivity index (χ4v) is 2.82. The summed E-state index contributed by atoms with van der Waals surface area (Å²) >= 11 is 2.01. The summed E-state index contributed by atoms with van der Waals surface area (Å²) in [4.78, 5) is 0. The van der Waals surface area contributed by atoms with Gasteiger partial charge in [0.2, 0.25) is 0 Å². The highest BCUT2D eigenvalue weighted by Gasteiger charge is 1.93. The summed E-state index contributed by atoms with van der Waals surface area (Å²) in [6.07, 6.45) is 19.4. The molecule has 106 valence electrons. The molecule has 0 nitrogen and oxygen atoms in total. The Morgan fingerprint density at radius 2 is 1.11 bits per heavy atom. The molecule has 0 spiro atoms. The average Bonchev–Trinajstić information content (AvgIpc) is 2.39. The summed E-state index contributed by atoms with van der Waals surface area (Å²) in [6, 6.07) is 0. The number of unbranched alkanes of at least 4 members (excludes halogenated alkanes) is 10. The molecular weight excluding hydrogens is 236 g/mol. The molecule has 0 aliphatic heterocycles. The van der Waals surface area contributed by atoms with Crippen LogP contribution in [-0.4, -0.2) is 11.5 Å². The zero-order valence-corrected chi connectivity index (χ0v) is 13.0. The van der Waals surface area contributed by atoms with Crippen LogP contribution in [0.5, 0.6) is 0 Å². The molecule has 0 aliphatic carbocycles. The normalized spacial score (nSPS) is 10.4. The number of rotatable bonds is 15. The van der Waals surface area contributed by atoms with Gasteiger partial charge in [-0.3, -0.25) is 0 Å². The highest BCUT2D eigenvalue weighted by atomic mass is 32.2. The minimum absolute atomic E-state index is 1.12. The van der Waals surface area contributed by atoms with Crippen molar-refractivity contribution in [1.29, 1.82) is 0 Å². The fraction of sp³-hybridized carbons (Fsp3) is 0.765. The Balaban J connectivity index is 2.90. The predicted molar refractivity (Wildman–Crippen MR) is 88.5 cm³/mol. The zero-order valence-electron chi connectivity index (χ0n) is 12.2. The standard InChI is InChI=1S/C17H32S/c1-3-5-6-7-8-9-10-11-12-13-14-15-17-18-16-4-2/h3-4H,1-2,5-17H2. The summed E-state index contributed by atoms with van der Waals surface area (Å²) in [5.74, 6) is 2.43. The molecule has 0 radical (unpaired) electrons. The van der Waals surface area contributed by atoms with E-state index in [1.807, 2.05) is 23.9 Å². The van der Waals surface area contributed by atoms with Gasteiger partial charge in [-0.25, -0.2) is 0 Å². The highest BCUT2D eigenvalue weighted by Crippen LogP contribution is 2.12. The van der Waals surface area contributed by atoms with Crippen LogP contribution in [0.25, 0.3) is 0 Å². The van der Waals surface area contributed by atoms with Crippen molar-refractivity contribution < 1.29 is 0 Å². The Morgan fingerprint density at radius 1 is 0.611 bits per heavy atom. The van der Waals surface area contributed by atoms with Crippen LogP contribution in [0.2, 0.25) is 0 Å². The maximum Gasteiger partial charge on any atom is 0.0110 e. The van der Waals surface area contributed by atoms with Crippen LogP contribution < -0.4 is 0 Å². The van der Waals surface area contributed by atoms with Gasteiger partial charge in [0, 0.05) is 5.75 Å². The summed E-state index contributed by atoms with van der Waals surface area (Å²) in [5, 5.41) is 0. The maximum absolute atomic E-state index is 3.75. The lowest BCUT2D eigenvalue weighted by Gasteiger charge is -2.02. The van der Waals surface area contributed by atoms with Gasteiger partial charge < -0.3 is 0 Å². The molecule has 0 bridgehead atoms. The van der Waals surface area contributed by atoms with Crippen molar-refractivity contribution in [3.63, 3.8) is 0 Å². The number of allylic oxidation sites excluding steroid dienone is 1. The summed E-state index contributed by atoms with van der Waals surface area (Å²) < 4.78 is 0. The first-order chi connectivity index (χ1) is 8.91. The average molecular weight is 269 g/mol. The monoisotopic (exact) mass is 268 g/mol. The van der Waals surface area contributed by atoms with E-state index >= 15 is 0 Å². The van der Waals surface area contributed by atoms with Crippen LogP contribution in [0.3, 0.4) is 0 Å². The van der Waals surface area contributed by atoms with Crippen molar-refractivity contribution in [2.45, 2.75) is 70.6 Å². The summed E-state index contributed by atoms with van der Waals surface area (Å²) in [7, 11) is 0. The van der Waals surface area contributed by atoms with Crippen LogP contribution >= 0.6 is 11.8 Å². The van der Waals surface area contributed by atoms with Crippen molar-refractivity contribution in [2.24, 2.45) is 0 Å². The first-order valence-electron chi connectivity index (χ1n) is 7.71. The Morgan fingerprint density at radius 3 is 1.61 bits per heavy atom. The van der Waals surface area contributed by atoms with Gasteiger partial charge in [-0.15, -0.1) is 13.2 Å².